The first kappa shape index (κ1) is 10.6. The topological polar surface area (TPSA) is 32.3 Å². The molecule has 3 rings (SSSR count). The van der Waals surface area contributed by atoms with E-state index in [1.165, 1.54) is 36.9 Å². The highest BCUT2D eigenvalue weighted by atomic mass is 16.2. The van der Waals surface area contributed by atoms with Gasteiger partial charge in [0.05, 0.1) is 17.9 Å². The zero-order valence-electron chi connectivity index (χ0n) is 10.2. The highest BCUT2D eigenvalue weighted by molar-refractivity contribution is 6.01. The molecule has 1 saturated carbocycles. The van der Waals surface area contributed by atoms with Crippen molar-refractivity contribution < 1.29 is 4.79 Å². The summed E-state index contributed by atoms with van der Waals surface area (Å²) < 4.78 is 0. The fraction of sp³-hybridized carbons (Fsp3) is 0.500. The fourth-order valence-corrected chi connectivity index (χ4v) is 2.97. The third-order valence-corrected chi connectivity index (χ3v) is 3.81. The molecule has 3 nitrogen and oxygen atoms in total. The molecule has 0 spiro atoms. The maximum Gasteiger partial charge on any atom is 0.243 e. The lowest BCUT2D eigenvalue weighted by atomic mass is 10.1. The third kappa shape index (κ3) is 1.90. The standard InChI is InChI=1S/C14H18N2O/c1-10-6-7-13-12(8-10)15-14(17)9-16(13)11-4-2-3-5-11/h6-8,11H,2-5,9H2,1H3,(H,15,17). The number of nitrogens with zero attached hydrogens (tertiary/aromatic N) is 1. The molecule has 0 atom stereocenters. The Labute approximate surface area is 102 Å². The molecule has 0 aromatic heterocycles. The number of rotatable bonds is 1. The van der Waals surface area contributed by atoms with Crippen molar-refractivity contribution in [3.8, 4) is 0 Å². The minimum Gasteiger partial charge on any atom is -0.358 e. The second-order valence-corrected chi connectivity index (χ2v) is 5.13. The maximum absolute atomic E-state index is 11.8. The van der Waals surface area contributed by atoms with Crippen molar-refractivity contribution in [1.82, 2.24) is 0 Å². The molecule has 17 heavy (non-hydrogen) atoms. The number of nitrogens with one attached hydrogen (secondary N) is 1. The van der Waals surface area contributed by atoms with Gasteiger partial charge >= 0.3 is 0 Å². The second kappa shape index (κ2) is 4.06. The highest BCUT2D eigenvalue weighted by Gasteiger charge is 2.29. The first-order chi connectivity index (χ1) is 8.24. The summed E-state index contributed by atoms with van der Waals surface area (Å²) in [5.74, 6) is 0.120. The van der Waals surface area contributed by atoms with Gasteiger partial charge in [0.2, 0.25) is 5.91 Å². The van der Waals surface area contributed by atoms with Gasteiger partial charge in [-0.3, -0.25) is 4.79 Å². The van der Waals surface area contributed by atoms with Gasteiger partial charge in [-0.25, -0.2) is 0 Å². The molecule has 1 aromatic rings. The molecule has 90 valence electrons. The van der Waals surface area contributed by atoms with Crippen LogP contribution >= 0.6 is 0 Å². The average Bonchev–Trinajstić information content (AvgIpc) is 2.80. The number of benzene rings is 1. The van der Waals surface area contributed by atoms with E-state index in [0.29, 0.717) is 12.6 Å². The van der Waals surface area contributed by atoms with E-state index in [-0.39, 0.29) is 5.91 Å². The molecule has 1 aliphatic carbocycles. The van der Waals surface area contributed by atoms with Crippen LogP contribution in [-0.4, -0.2) is 18.5 Å². The third-order valence-electron chi connectivity index (χ3n) is 3.81. The predicted octanol–water partition coefficient (Wildman–Crippen LogP) is 2.70. The molecule has 1 aliphatic heterocycles. The number of anilines is 2. The van der Waals surface area contributed by atoms with E-state index in [0.717, 1.165) is 5.69 Å². The smallest absolute Gasteiger partial charge is 0.243 e. The molecule has 3 heteroatoms. The highest BCUT2D eigenvalue weighted by Crippen LogP contribution is 2.35. The van der Waals surface area contributed by atoms with Crippen LogP contribution in [0, 0.1) is 6.92 Å². The monoisotopic (exact) mass is 230 g/mol. The normalized spacial score (nSPS) is 20.3. The van der Waals surface area contributed by atoms with Crippen molar-refractivity contribution in [3.05, 3.63) is 23.8 Å². The molecule has 1 aromatic carbocycles. The first-order valence-electron chi connectivity index (χ1n) is 6.41. The van der Waals surface area contributed by atoms with Crippen LogP contribution in [0.15, 0.2) is 18.2 Å². The Hall–Kier alpha value is -1.51. The summed E-state index contributed by atoms with van der Waals surface area (Å²) in [5.41, 5.74) is 3.37. The van der Waals surface area contributed by atoms with E-state index in [4.69, 9.17) is 0 Å². The molecule has 0 radical (unpaired) electrons. The van der Waals surface area contributed by atoms with E-state index >= 15 is 0 Å². The van der Waals surface area contributed by atoms with Crippen LogP contribution in [0.1, 0.15) is 31.2 Å². The lowest BCUT2D eigenvalue weighted by Crippen LogP contribution is -2.43. The van der Waals surface area contributed by atoms with Crippen molar-refractivity contribution in [2.75, 3.05) is 16.8 Å². The van der Waals surface area contributed by atoms with Gasteiger partial charge in [-0.1, -0.05) is 18.9 Å². The van der Waals surface area contributed by atoms with Gasteiger partial charge in [0.1, 0.15) is 0 Å². The number of hydrogen-bond donors (Lipinski definition) is 1. The Morgan fingerprint density at radius 1 is 1.29 bits per heavy atom. The lowest BCUT2D eigenvalue weighted by molar-refractivity contribution is -0.115. The minimum atomic E-state index is 0.120. The van der Waals surface area contributed by atoms with E-state index in [2.05, 4.69) is 35.3 Å². The Balaban J connectivity index is 1.98. The number of aryl methyl sites for hydroxylation is 1. The number of hydrogen-bond acceptors (Lipinski definition) is 2. The molecule has 1 heterocycles. The maximum atomic E-state index is 11.8. The Morgan fingerprint density at radius 2 is 2.06 bits per heavy atom. The summed E-state index contributed by atoms with van der Waals surface area (Å²) in [5, 5.41) is 2.97. The number of carbonyl (C=O) groups excluding carboxylic acids is 1. The zero-order valence-corrected chi connectivity index (χ0v) is 10.2. The molecule has 0 unspecified atom stereocenters. The van der Waals surface area contributed by atoms with Gasteiger partial charge < -0.3 is 10.2 Å². The van der Waals surface area contributed by atoms with Crippen molar-refractivity contribution in [2.45, 2.75) is 38.6 Å². The molecule has 0 bridgehead atoms. The van der Waals surface area contributed by atoms with Crippen molar-refractivity contribution in [3.63, 3.8) is 0 Å². The van der Waals surface area contributed by atoms with Crippen LogP contribution in [0.3, 0.4) is 0 Å². The summed E-state index contributed by atoms with van der Waals surface area (Å²) in [6.45, 7) is 2.57. The molecular formula is C14H18N2O. The van der Waals surface area contributed by atoms with Crippen LogP contribution in [0.4, 0.5) is 11.4 Å². The SMILES string of the molecule is Cc1ccc2c(c1)NC(=O)CN2C1CCCC1. The molecular weight excluding hydrogens is 212 g/mol. The largest absolute Gasteiger partial charge is 0.358 e. The Morgan fingerprint density at radius 3 is 2.82 bits per heavy atom. The van der Waals surface area contributed by atoms with Gasteiger partial charge in [-0.15, -0.1) is 0 Å². The van der Waals surface area contributed by atoms with Crippen LogP contribution in [0.2, 0.25) is 0 Å². The molecule has 1 fully saturated rings. The fourth-order valence-electron chi connectivity index (χ4n) is 2.97. The van der Waals surface area contributed by atoms with Crippen LogP contribution in [0.25, 0.3) is 0 Å². The molecule has 0 saturated heterocycles. The van der Waals surface area contributed by atoms with Crippen molar-refractivity contribution in [2.24, 2.45) is 0 Å². The first-order valence-corrected chi connectivity index (χ1v) is 6.41. The van der Waals surface area contributed by atoms with Gasteiger partial charge in [0.25, 0.3) is 0 Å². The summed E-state index contributed by atoms with van der Waals surface area (Å²) in [4.78, 5) is 14.0. The average molecular weight is 230 g/mol. The summed E-state index contributed by atoms with van der Waals surface area (Å²) in [7, 11) is 0. The van der Waals surface area contributed by atoms with E-state index < -0.39 is 0 Å². The van der Waals surface area contributed by atoms with Crippen molar-refractivity contribution >= 4 is 17.3 Å². The Kier molecular flexibility index (Phi) is 2.54. The van der Waals surface area contributed by atoms with E-state index in [1.54, 1.807) is 0 Å². The van der Waals surface area contributed by atoms with Gasteiger partial charge in [0, 0.05) is 6.04 Å². The summed E-state index contributed by atoms with van der Waals surface area (Å²) in [6, 6.07) is 6.89. The van der Waals surface area contributed by atoms with Gasteiger partial charge in [-0.2, -0.15) is 0 Å². The van der Waals surface area contributed by atoms with E-state index in [1.807, 2.05) is 0 Å². The van der Waals surface area contributed by atoms with E-state index in [9.17, 15) is 4.79 Å². The van der Waals surface area contributed by atoms with Gasteiger partial charge in [-0.05, 0) is 37.5 Å². The molecule has 2 aliphatic rings. The van der Waals surface area contributed by atoms with Crippen LogP contribution in [0.5, 0.6) is 0 Å². The summed E-state index contributed by atoms with van der Waals surface area (Å²) >= 11 is 0. The van der Waals surface area contributed by atoms with Crippen LogP contribution in [-0.2, 0) is 4.79 Å². The van der Waals surface area contributed by atoms with Gasteiger partial charge in [0.15, 0.2) is 0 Å². The number of carbonyl (C=O) groups is 1. The zero-order chi connectivity index (χ0) is 11.8. The Bertz CT molecular complexity index is 450. The second-order valence-electron chi connectivity index (χ2n) is 5.13. The van der Waals surface area contributed by atoms with Crippen LogP contribution < -0.4 is 10.2 Å². The predicted molar refractivity (Wildman–Crippen MR) is 69.4 cm³/mol. The molecule has 1 N–H and O–H groups in total. The summed E-state index contributed by atoms with van der Waals surface area (Å²) in [6.07, 6.45) is 5.04. The lowest BCUT2D eigenvalue weighted by Gasteiger charge is -2.35. The number of fused-ring (bicyclic) bond motifs is 1. The van der Waals surface area contributed by atoms with Crippen molar-refractivity contribution in [1.29, 1.82) is 0 Å². The quantitative estimate of drug-likeness (QED) is 0.804. The molecule has 1 amide bonds. The number of amides is 1. The minimum absolute atomic E-state index is 0.120.